The van der Waals surface area contributed by atoms with E-state index in [1.54, 1.807) is 0 Å². The monoisotopic (exact) mass is 245 g/mol. The number of fused-ring (bicyclic) bond motifs is 3. The number of aliphatic hydroxyl groups excluding tert-OH is 1. The predicted octanol–water partition coefficient (Wildman–Crippen LogP) is 2.98. The van der Waals surface area contributed by atoms with E-state index in [4.69, 9.17) is 0 Å². The number of benzene rings is 1. The van der Waals surface area contributed by atoms with Gasteiger partial charge in [0.25, 0.3) is 0 Å². The summed E-state index contributed by atoms with van der Waals surface area (Å²) in [4.78, 5) is 2.55. The van der Waals surface area contributed by atoms with Crippen molar-refractivity contribution >= 4 is 0 Å². The molecule has 0 unspecified atom stereocenters. The van der Waals surface area contributed by atoms with E-state index in [0.717, 1.165) is 12.8 Å². The van der Waals surface area contributed by atoms with Crippen LogP contribution in [0.1, 0.15) is 44.7 Å². The summed E-state index contributed by atoms with van der Waals surface area (Å²) in [6, 6.07) is 12.0. The van der Waals surface area contributed by atoms with Crippen LogP contribution >= 0.6 is 0 Å². The minimum absolute atomic E-state index is 0.119. The molecule has 2 saturated heterocycles. The van der Waals surface area contributed by atoms with Crippen molar-refractivity contribution in [1.82, 2.24) is 4.90 Å². The molecule has 0 aromatic heterocycles. The van der Waals surface area contributed by atoms with Crippen molar-refractivity contribution in [3.05, 3.63) is 35.9 Å². The van der Waals surface area contributed by atoms with Crippen LogP contribution in [-0.4, -0.2) is 28.2 Å². The van der Waals surface area contributed by atoms with Crippen LogP contribution in [0.2, 0.25) is 0 Å². The SMILES string of the molecule is C[C@H](c1ccccc1)N1[C@H](C)[C@@H]2CC[C@H]1[C@H](O)C2. The van der Waals surface area contributed by atoms with Gasteiger partial charge in [-0.15, -0.1) is 0 Å². The van der Waals surface area contributed by atoms with Crippen molar-refractivity contribution in [3.63, 3.8) is 0 Å². The Balaban J connectivity index is 1.87. The van der Waals surface area contributed by atoms with E-state index in [1.807, 2.05) is 0 Å². The Morgan fingerprint density at radius 1 is 1.22 bits per heavy atom. The van der Waals surface area contributed by atoms with E-state index in [0.29, 0.717) is 24.0 Å². The largest absolute Gasteiger partial charge is 0.391 e. The lowest BCUT2D eigenvalue weighted by atomic mass is 9.72. The van der Waals surface area contributed by atoms with Crippen molar-refractivity contribution in [2.24, 2.45) is 5.92 Å². The molecule has 2 aliphatic heterocycles. The fourth-order valence-corrected chi connectivity index (χ4v) is 4.04. The van der Waals surface area contributed by atoms with E-state index >= 15 is 0 Å². The van der Waals surface area contributed by atoms with E-state index in [2.05, 4.69) is 49.1 Å². The van der Waals surface area contributed by atoms with Crippen molar-refractivity contribution in [3.8, 4) is 0 Å². The number of rotatable bonds is 2. The third-order valence-electron chi connectivity index (χ3n) is 5.09. The molecule has 1 saturated carbocycles. The summed E-state index contributed by atoms with van der Waals surface area (Å²) >= 11 is 0. The standard InChI is InChI=1S/C16H23NO/c1-11(13-6-4-3-5-7-13)17-12(2)14-8-9-15(17)16(18)10-14/h3-7,11-12,14-16,18H,8-10H2,1-2H3/t11-,12-,14-,15+,16-/m1/s1. The van der Waals surface area contributed by atoms with Crippen LogP contribution in [0.5, 0.6) is 0 Å². The molecule has 2 bridgehead atoms. The first-order valence-electron chi connectivity index (χ1n) is 7.19. The van der Waals surface area contributed by atoms with Crippen LogP contribution < -0.4 is 0 Å². The van der Waals surface area contributed by atoms with Gasteiger partial charge in [-0.25, -0.2) is 0 Å². The highest BCUT2D eigenvalue weighted by atomic mass is 16.3. The average molecular weight is 245 g/mol. The lowest BCUT2D eigenvalue weighted by molar-refractivity contribution is -0.104. The van der Waals surface area contributed by atoms with Gasteiger partial charge in [-0.05, 0) is 44.6 Å². The molecule has 0 amide bonds. The summed E-state index contributed by atoms with van der Waals surface area (Å²) in [5.74, 6) is 0.677. The van der Waals surface area contributed by atoms with Crippen LogP contribution in [0, 0.1) is 5.92 Å². The topological polar surface area (TPSA) is 23.5 Å². The van der Waals surface area contributed by atoms with Gasteiger partial charge in [0.05, 0.1) is 6.10 Å². The molecule has 2 nitrogen and oxygen atoms in total. The molecule has 2 heterocycles. The van der Waals surface area contributed by atoms with Gasteiger partial charge in [-0.3, -0.25) is 4.90 Å². The fourth-order valence-electron chi connectivity index (χ4n) is 4.04. The van der Waals surface area contributed by atoms with Crippen molar-refractivity contribution in [2.75, 3.05) is 0 Å². The molecule has 0 radical (unpaired) electrons. The first-order chi connectivity index (χ1) is 8.68. The number of hydrogen-bond donors (Lipinski definition) is 1. The number of piperidine rings is 2. The molecule has 1 aromatic carbocycles. The summed E-state index contributed by atoms with van der Waals surface area (Å²) in [7, 11) is 0. The van der Waals surface area contributed by atoms with Crippen LogP contribution in [0.15, 0.2) is 30.3 Å². The summed E-state index contributed by atoms with van der Waals surface area (Å²) in [6.45, 7) is 4.61. The van der Waals surface area contributed by atoms with Crippen LogP contribution in [0.4, 0.5) is 0 Å². The molecule has 1 aliphatic carbocycles. The third-order valence-corrected chi connectivity index (χ3v) is 5.09. The van der Waals surface area contributed by atoms with Crippen molar-refractivity contribution < 1.29 is 5.11 Å². The average Bonchev–Trinajstić information content (AvgIpc) is 2.41. The molecular formula is C16H23NO. The molecule has 18 heavy (non-hydrogen) atoms. The van der Waals surface area contributed by atoms with Gasteiger partial charge in [0.2, 0.25) is 0 Å². The molecule has 1 N–H and O–H groups in total. The van der Waals surface area contributed by atoms with Crippen LogP contribution in [-0.2, 0) is 0 Å². The summed E-state index contributed by atoms with van der Waals surface area (Å²) in [5.41, 5.74) is 1.36. The Morgan fingerprint density at radius 2 is 1.94 bits per heavy atom. The maximum absolute atomic E-state index is 10.2. The van der Waals surface area contributed by atoms with Gasteiger partial charge in [-0.1, -0.05) is 30.3 Å². The fraction of sp³-hybridized carbons (Fsp3) is 0.625. The second kappa shape index (κ2) is 4.67. The number of hydrogen-bond acceptors (Lipinski definition) is 2. The second-order valence-electron chi connectivity index (χ2n) is 5.98. The van der Waals surface area contributed by atoms with E-state index in [9.17, 15) is 5.11 Å². The van der Waals surface area contributed by atoms with E-state index in [1.165, 1.54) is 12.0 Å². The molecule has 1 aromatic rings. The Bertz CT molecular complexity index is 405. The zero-order chi connectivity index (χ0) is 12.7. The van der Waals surface area contributed by atoms with Crippen molar-refractivity contribution in [1.29, 1.82) is 0 Å². The first-order valence-corrected chi connectivity index (χ1v) is 7.19. The predicted molar refractivity (Wildman–Crippen MR) is 73.3 cm³/mol. The highest BCUT2D eigenvalue weighted by molar-refractivity contribution is 5.20. The first kappa shape index (κ1) is 12.2. The van der Waals surface area contributed by atoms with Gasteiger partial charge in [0.1, 0.15) is 0 Å². The lowest BCUT2D eigenvalue weighted by Gasteiger charge is -2.55. The number of aliphatic hydroxyl groups is 1. The van der Waals surface area contributed by atoms with Crippen LogP contribution in [0.3, 0.4) is 0 Å². The minimum atomic E-state index is -0.119. The Kier molecular flexibility index (Phi) is 3.16. The molecule has 3 aliphatic rings. The summed E-state index contributed by atoms with van der Waals surface area (Å²) < 4.78 is 0. The maximum Gasteiger partial charge on any atom is 0.0698 e. The Hall–Kier alpha value is -0.860. The van der Waals surface area contributed by atoms with Gasteiger partial charge in [0, 0.05) is 18.1 Å². The number of nitrogens with zero attached hydrogens (tertiary/aromatic N) is 1. The quantitative estimate of drug-likeness (QED) is 0.866. The van der Waals surface area contributed by atoms with Crippen LogP contribution in [0.25, 0.3) is 0 Å². The normalized spacial score (nSPS) is 37.7. The summed E-state index contributed by atoms with van der Waals surface area (Å²) in [5, 5.41) is 10.2. The van der Waals surface area contributed by atoms with Gasteiger partial charge >= 0.3 is 0 Å². The molecular weight excluding hydrogens is 222 g/mol. The molecule has 4 rings (SSSR count). The molecule has 0 spiro atoms. The molecule has 3 fully saturated rings. The molecule has 98 valence electrons. The zero-order valence-electron chi connectivity index (χ0n) is 11.3. The molecule has 5 atom stereocenters. The molecule has 2 heteroatoms. The third kappa shape index (κ3) is 1.88. The summed E-state index contributed by atoms with van der Waals surface area (Å²) in [6.07, 6.45) is 3.34. The van der Waals surface area contributed by atoms with E-state index < -0.39 is 0 Å². The van der Waals surface area contributed by atoms with E-state index in [-0.39, 0.29) is 6.10 Å². The highest BCUT2D eigenvalue weighted by Gasteiger charge is 2.46. The second-order valence-corrected chi connectivity index (χ2v) is 5.98. The maximum atomic E-state index is 10.2. The lowest BCUT2D eigenvalue weighted by Crippen LogP contribution is -2.60. The smallest absolute Gasteiger partial charge is 0.0698 e. The van der Waals surface area contributed by atoms with Gasteiger partial charge in [-0.2, -0.15) is 0 Å². The highest BCUT2D eigenvalue weighted by Crippen LogP contribution is 2.43. The van der Waals surface area contributed by atoms with Crippen molar-refractivity contribution in [2.45, 2.75) is 57.3 Å². The zero-order valence-corrected chi connectivity index (χ0v) is 11.3. The minimum Gasteiger partial charge on any atom is -0.391 e. The van der Waals surface area contributed by atoms with Gasteiger partial charge < -0.3 is 5.11 Å². The van der Waals surface area contributed by atoms with Gasteiger partial charge in [0.15, 0.2) is 0 Å². The Labute approximate surface area is 110 Å². The Morgan fingerprint density at radius 3 is 2.61 bits per heavy atom.